The van der Waals surface area contributed by atoms with Gasteiger partial charge in [0.25, 0.3) is 0 Å². The van der Waals surface area contributed by atoms with Crippen molar-refractivity contribution in [3.8, 4) is 0 Å². The van der Waals surface area contributed by atoms with Gasteiger partial charge in [0, 0.05) is 18.4 Å². The summed E-state index contributed by atoms with van der Waals surface area (Å²) in [4.78, 5) is 23.9. The molecule has 1 aliphatic heterocycles. The Morgan fingerprint density at radius 1 is 1.31 bits per heavy atom. The highest BCUT2D eigenvalue weighted by Gasteiger charge is 2.37. The van der Waals surface area contributed by atoms with Crippen LogP contribution >= 0.6 is 0 Å². The average Bonchev–Trinajstić information content (AvgIpc) is 2.43. The second-order valence-corrected chi connectivity index (χ2v) is 3.77. The number of amides is 2. The highest BCUT2D eigenvalue weighted by atomic mass is 19.1. The van der Waals surface area contributed by atoms with Crippen molar-refractivity contribution in [3.63, 3.8) is 0 Å². The predicted molar refractivity (Wildman–Crippen MR) is 52.6 cm³/mol. The zero-order valence-electron chi connectivity index (χ0n) is 8.54. The first kappa shape index (κ1) is 10.7. The topological polar surface area (TPSA) is 37.4 Å². The molecule has 16 heavy (non-hydrogen) atoms. The molecule has 0 bridgehead atoms. The molecule has 2 amide bonds. The second-order valence-electron chi connectivity index (χ2n) is 3.77. The fraction of sp³-hybridized carbons (Fsp3) is 0.273. The zero-order valence-corrected chi connectivity index (χ0v) is 8.54. The Balaban J connectivity index is 2.45. The van der Waals surface area contributed by atoms with Crippen LogP contribution in [0.5, 0.6) is 0 Å². The molecule has 3 nitrogen and oxygen atoms in total. The van der Waals surface area contributed by atoms with Gasteiger partial charge in [-0.15, -0.1) is 0 Å². The van der Waals surface area contributed by atoms with Crippen LogP contribution in [0.25, 0.3) is 0 Å². The number of anilines is 1. The normalized spacial score (nSPS) is 20.7. The molecule has 5 heteroatoms. The summed E-state index contributed by atoms with van der Waals surface area (Å²) in [5, 5.41) is 0. The van der Waals surface area contributed by atoms with Crippen LogP contribution in [0.4, 0.5) is 14.5 Å². The number of carbonyl (C=O) groups is 2. The van der Waals surface area contributed by atoms with Gasteiger partial charge in [0.2, 0.25) is 11.8 Å². The van der Waals surface area contributed by atoms with Crippen LogP contribution in [-0.2, 0) is 9.59 Å². The van der Waals surface area contributed by atoms with Crippen molar-refractivity contribution in [2.45, 2.75) is 13.3 Å². The average molecular weight is 225 g/mol. The number of halogens is 2. The smallest absolute Gasteiger partial charge is 0.237 e. The summed E-state index contributed by atoms with van der Waals surface area (Å²) in [6.45, 7) is 1.60. The third-order valence-corrected chi connectivity index (χ3v) is 2.52. The van der Waals surface area contributed by atoms with E-state index in [4.69, 9.17) is 0 Å². The zero-order chi connectivity index (χ0) is 11.9. The van der Waals surface area contributed by atoms with Gasteiger partial charge in [-0.3, -0.25) is 9.59 Å². The van der Waals surface area contributed by atoms with E-state index in [1.165, 1.54) is 0 Å². The molecule has 1 atom stereocenters. The molecule has 1 heterocycles. The Morgan fingerprint density at radius 3 is 2.50 bits per heavy atom. The number of rotatable bonds is 1. The lowest BCUT2D eigenvalue weighted by Gasteiger charge is -2.14. The Kier molecular flexibility index (Phi) is 2.46. The van der Waals surface area contributed by atoms with Gasteiger partial charge < -0.3 is 0 Å². The van der Waals surface area contributed by atoms with E-state index in [0.717, 1.165) is 17.0 Å². The number of hydrogen-bond donors (Lipinski definition) is 0. The van der Waals surface area contributed by atoms with Gasteiger partial charge in [-0.2, -0.15) is 0 Å². The van der Waals surface area contributed by atoms with E-state index >= 15 is 0 Å². The van der Waals surface area contributed by atoms with Crippen molar-refractivity contribution < 1.29 is 18.4 Å². The van der Waals surface area contributed by atoms with Gasteiger partial charge in [0.1, 0.15) is 11.6 Å². The molecule has 1 fully saturated rings. The van der Waals surface area contributed by atoms with E-state index < -0.39 is 29.4 Å². The van der Waals surface area contributed by atoms with Crippen LogP contribution in [-0.4, -0.2) is 11.8 Å². The second kappa shape index (κ2) is 3.66. The van der Waals surface area contributed by atoms with Gasteiger partial charge in [-0.25, -0.2) is 13.7 Å². The largest absolute Gasteiger partial charge is 0.274 e. The van der Waals surface area contributed by atoms with Crippen molar-refractivity contribution in [1.82, 2.24) is 0 Å². The van der Waals surface area contributed by atoms with Gasteiger partial charge in [0.15, 0.2) is 0 Å². The van der Waals surface area contributed by atoms with E-state index in [1.54, 1.807) is 6.92 Å². The minimum absolute atomic E-state index is 0.0651. The molecule has 1 saturated heterocycles. The summed E-state index contributed by atoms with van der Waals surface area (Å²) in [5.74, 6) is -3.00. The summed E-state index contributed by atoms with van der Waals surface area (Å²) >= 11 is 0. The van der Waals surface area contributed by atoms with Crippen molar-refractivity contribution in [2.24, 2.45) is 5.92 Å². The van der Waals surface area contributed by atoms with E-state index in [1.807, 2.05) is 0 Å². The van der Waals surface area contributed by atoms with E-state index in [9.17, 15) is 18.4 Å². The molecule has 1 aromatic rings. The molecule has 0 aromatic heterocycles. The van der Waals surface area contributed by atoms with Crippen LogP contribution in [0, 0.1) is 17.6 Å². The van der Waals surface area contributed by atoms with Gasteiger partial charge in [-0.05, 0) is 12.1 Å². The first-order valence-corrected chi connectivity index (χ1v) is 4.82. The highest BCUT2D eigenvalue weighted by Crippen LogP contribution is 2.28. The third-order valence-electron chi connectivity index (χ3n) is 2.52. The Hall–Kier alpha value is -1.78. The fourth-order valence-electron chi connectivity index (χ4n) is 1.70. The lowest BCUT2D eigenvalue weighted by Crippen LogP contribution is -2.30. The molecule has 0 spiro atoms. The summed E-state index contributed by atoms with van der Waals surface area (Å²) in [5.41, 5.74) is -0.180. The molecule has 1 aliphatic rings. The molecular formula is C11H9F2NO2. The molecule has 1 aromatic carbocycles. The summed E-state index contributed by atoms with van der Waals surface area (Å²) < 4.78 is 26.1. The van der Waals surface area contributed by atoms with Gasteiger partial charge in [0.05, 0.1) is 5.69 Å². The van der Waals surface area contributed by atoms with Crippen LogP contribution < -0.4 is 4.90 Å². The molecular weight excluding hydrogens is 216 g/mol. The van der Waals surface area contributed by atoms with Crippen LogP contribution in [0.1, 0.15) is 13.3 Å². The minimum Gasteiger partial charge on any atom is -0.274 e. The van der Waals surface area contributed by atoms with E-state index in [2.05, 4.69) is 0 Å². The number of carbonyl (C=O) groups excluding carboxylic acids is 2. The predicted octanol–water partition coefficient (Wildman–Crippen LogP) is 1.86. The quantitative estimate of drug-likeness (QED) is 0.684. The molecule has 84 valence electrons. The molecule has 0 unspecified atom stereocenters. The first-order chi connectivity index (χ1) is 7.50. The Bertz CT molecular complexity index is 473. The maximum atomic E-state index is 13.4. The minimum atomic E-state index is -0.907. The van der Waals surface area contributed by atoms with Gasteiger partial charge in [-0.1, -0.05) is 6.92 Å². The fourth-order valence-corrected chi connectivity index (χ4v) is 1.70. The molecule has 0 N–H and O–H groups in total. The monoisotopic (exact) mass is 225 g/mol. The van der Waals surface area contributed by atoms with Crippen molar-refractivity contribution >= 4 is 17.5 Å². The van der Waals surface area contributed by atoms with Crippen molar-refractivity contribution in [3.05, 3.63) is 29.8 Å². The molecule has 0 aliphatic carbocycles. The van der Waals surface area contributed by atoms with E-state index in [0.29, 0.717) is 6.07 Å². The van der Waals surface area contributed by atoms with Crippen LogP contribution in [0.2, 0.25) is 0 Å². The van der Waals surface area contributed by atoms with Crippen molar-refractivity contribution in [1.29, 1.82) is 0 Å². The maximum Gasteiger partial charge on any atom is 0.237 e. The van der Waals surface area contributed by atoms with Crippen LogP contribution in [0.3, 0.4) is 0 Å². The first-order valence-electron chi connectivity index (χ1n) is 4.82. The SMILES string of the molecule is C[C@H]1CC(=O)N(c2ccc(F)cc2F)C1=O. The number of nitrogens with zero attached hydrogens (tertiary/aromatic N) is 1. The van der Waals surface area contributed by atoms with Crippen molar-refractivity contribution in [2.75, 3.05) is 4.90 Å². The lowest BCUT2D eigenvalue weighted by molar-refractivity contribution is -0.122. The third kappa shape index (κ3) is 1.58. The Morgan fingerprint density at radius 2 is 2.00 bits per heavy atom. The maximum absolute atomic E-state index is 13.4. The number of hydrogen-bond acceptors (Lipinski definition) is 2. The number of imide groups is 1. The van der Waals surface area contributed by atoms with Crippen LogP contribution in [0.15, 0.2) is 18.2 Å². The lowest BCUT2D eigenvalue weighted by atomic mass is 10.1. The molecule has 0 radical (unpaired) electrons. The summed E-state index contributed by atoms with van der Waals surface area (Å²) in [7, 11) is 0. The molecule has 0 saturated carbocycles. The Labute approximate surface area is 90.7 Å². The summed E-state index contributed by atoms with van der Waals surface area (Å²) in [6, 6.07) is 2.76. The van der Waals surface area contributed by atoms with E-state index in [-0.39, 0.29) is 12.1 Å². The standard InChI is InChI=1S/C11H9F2NO2/c1-6-4-10(15)14(11(6)16)9-3-2-7(12)5-8(9)13/h2-3,5-6H,4H2,1H3/t6-/m0/s1. The molecule has 2 rings (SSSR count). The number of benzene rings is 1. The highest BCUT2D eigenvalue weighted by molar-refractivity contribution is 6.20. The summed E-state index contributed by atoms with van der Waals surface area (Å²) in [6.07, 6.45) is 0.0651. The van der Waals surface area contributed by atoms with Gasteiger partial charge >= 0.3 is 0 Å².